The van der Waals surface area contributed by atoms with Gasteiger partial charge in [-0.15, -0.1) is 0 Å². The quantitative estimate of drug-likeness (QED) is 0.625. The number of carbonyl (C=O) groups is 2. The van der Waals surface area contributed by atoms with Crippen LogP contribution in [0.3, 0.4) is 0 Å². The SMILES string of the molecule is CCC(C)=C1C2C=CC1C1C(=O)N(c3ccc(CC)cc3)C(=O)C21. The Morgan fingerprint density at radius 1 is 0.958 bits per heavy atom. The number of rotatable bonds is 3. The molecular weight excluding hydrogens is 298 g/mol. The molecule has 124 valence electrons. The number of imide groups is 1. The number of benzene rings is 1. The average Bonchev–Trinajstić information content (AvgIpc) is 3.24. The number of hydrogen-bond donors (Lipinski definition) is 0. The van der Waals surface area contributed by atoms with Gasteiger partial charge in [-0.3, -0.25) is 9.59 Å². The summed E-state index contributed by atoms with van der Waals surface area (Å²) in [7, 11) is 0. The molecular formula is C21H23NO2. The van der Waals surface area contributed by atoms with Gasteiger partial charge in [0.15, 0.2) is 0 Å². The second-order valence-electron chi connectivity index (χ2n) is 7.11. The van der Waals surface area contributed by atoms with Crippen molar-refractivity contribution in [2.45, 2.75) is 33.6 Å². The summed E-state index contributed by atoms with van der Waals surface area (Å²) in [6.45, 7) is 6.37. The molecule has 4 rings (SSSR count). The Kier molecular flexibility index (Phi) is 3.48. The normalized spacial score (nSPS) is 30.5. The molecule has 3 nitrogen and oxygen atoms in total. The molecule has 1 saturated heterocycles. The van der Waals surface area contributed by atoms with E-state index in [9.17, 15) is 9.59 Å². The molecule has 2 amide bonds. The first-order chi connectivity index (χ1) is 11.6. The van der Waals surface area contributed by atoms with Crippen LogP contribution in [0.5, 0.6) is 0 Å². The van der Waals surface area contributed by atoms with Gasteiger partial charge in [-0.2, -0.15) is 0 Å². The molecule has 0 spiro atoms. The monoisotopic (exact) mass is 321 g/mol. The zero-order chi connectivity index (χ0) is 17.0. The van der Waals surface area contributed by atoms with Gasteiger partial charge < -0.3 is 0 Å². The number of carbonyl (C=O) groups excluding carboxylic acids is 2. The highest BCUT2D eigenvalue weighted by atomic mass is 16.2. The molecule has 0 radical (unpaired) electrons. The van der Waals surface area contributed by atoms with E-state index in [-0.39, 0.29) is 35.5 Å². The summed E-state index contributed by atoms with van der Waals surface area (Å²) in [5.41, 5.74) is 4.59. The van der Waals surface area contributed by atoms with Crippen LogP contribution in [-0.2, 0) is 16.0 Å². The number of nitrogens with zero attached hydrogens (tertiary/aromatic N) is 1. The summed E-state index contributed by atoms with van der Waals surface area (Å²) in [4.78, 5) is 27.5. The highest BCUT2D eigenvalue weighted by molar-refractivity contribution is 6.23. The van der Waals surface area contributed by atoms with E-state index < -0.39 is 0 Å². The van der Waals surface area contributed by atoms with Gasteiger partial charge in [0.1, 0.15) is 0 Å². The Hall–Kier alpha value is -2.16. The first-order valence-electron chi connectivity index (χ1n) is 8.93. The van der Waals surface area contributed by atoms with Gasteiger partial charge in [0.2, 0.25) is 11.8 Å². The predicted octanol–water partition coefficient (Wildman–Crippen LogP) is 3.90. The smallest absolute Gasteiger partial charge is 0.238 e. The molecule has 1 aromatic rings. The highest BCUT2D eigenvalue weighted by Crippen LogP contribution is 2.57. The lowest BCUT2D eigenvalue weighted by molar-refractivity contribution is -0.122. The standard InChI is InChI=1S/C21H23NO2/c1-4-12(3)17-15-10-11-16(17)19-18(15)20(23)22(21(19)24)14-8-6-13(5-2)7-9-14/h6-11,15-16,18-19H,4-5H2,1-3H3. The molecule has 4 atom stereocenters. The van der Waals surface area contributed by atoms with Crippen LogP contribution in [-0.4, -0.2) is 11.8 Å². The van der Waals surface area contributed by atoms with Gasteiger partial charge in [-0.05, 0) is 37.5 Å². The maximum Gasteiger partial charge on any atom is 0.238 e. The molecule has 1 heterocycles. The van der Waals surface area contributed by atoms with E-state index in [4.69, 9.17) is 0 Å². The minimum absolute atomic E-state index is 0.0208. The van der Waals surface area contributed by atoms with Crippen LogP contribution in [0.15, 0.2) is 47.6 Å². The molecule has 1 aliphatic heterocycles. The maximum absolute atomic E-state index is 13.0. The van der Waals surface area contributed by atoms with Gasteiger partial charge >= 0.3 is 0 Å². The summed E-state index contributed by atoms with van der Waals surface area (Å²) >= 11 is 0. The van der Waals surface area contributed by atoms with Crippen LogP contribution < -0.4 is 4.90 Å². The summed E-state index contributed by atoms with van der Waals surface area (Å²) < 4.78 is 0. The van der Waals surface area contributed by atoms with Crippen LogP contribution >= 0.6 is 0 Å². The summed E-state index contributed by atoms with van der Waals surface area (Å²) in [6, 6.07) is 7.81. The Balaban J connectivity index is 1.71. The number of amides is 2. The number of aryl methyl sites for hydroxylation is 1. The molecule has 0 aromatic heterocycles. The van der Waals surface area contributed by atoms with Crippen molar-refractivity contribution >= 4 is 17.5 Å². The van der Waals surface area contributed by atoms with Gasteiger partial charge in [0, 0.05) is 11.8 Å². The van der Waals surface area contributed by atoms with E-state index in [1.165, 1.54) is 21.6 Å². The topological polar surface area (TPSA) is 37.4 Å². The first-order valence-corrected chi connectivity index (χ1v) is 8.93. The van der Waals surface area contributed by atoms with Crippen molar-refractivity contribution in [3.05, 3.63) is 53.1 Å². The van der Waals surface area contributed by atoms with Crippen LogP contribution in [0.2, 0.25) is 0 Å². The van der Waals surface area contributed by atoms with Crippen LogP contribution in [0.1, 0.15) is 32.8 Å². The first kappa shape index (κ1) is 15.4. The Bertz CT molecular complexity index is 738. The van der Waals surface area contributed by atoms with Gasteiger partial charge in [0.05, 0.1) is 17.5 Å². The van der Waals surface area contributed by atoms with Crippen molar-refractivity contribution < 1.29 is 9.59 Å². The molecule has 24 heavy (non-hydrogen) atoms. The van der Waals surface area contributed by atoms with Crippen LogP contribution in [0, 0.1) is 23.7 Å². The number of allylic oxidation sites excluding steroid dienone is 4. The molecule has 1 saturated carbocycles. The van der Waals surface area contributed by atoms with Crippen LogP contribution in [0.4, 0.5) is 5.69 Å². The third kappa shape index (κ3) is 1.90. The van der Waals surface area contributed by atoms with Crippen molar-refractivity contribution in [1.29, 1.82) is 0 Å². The van der Waals surface area contributed by atoms with E-state index in [1.807, 2.05) is 24.3 Å². The summed E-state index contributed by atoms with van der Waals surface area (Å²) in [6.07, 6.45) is 6.23. The second-order valence-corrected chi connectivity index (χ2v) is 7.11. The van der Waals surface area contributed by atoms with E-state index >= 15 is 0 Å². The lowest BCUT2D eigenvalue weighted by Crippen LogP contribution is -2.33. The molecule has 3 aliphatic rings. The van der Waals surface area contributed by atoms with Crippen molar-refractivity contribution in [2.24, 2.45) is 23.7 Å². The van der Waals surface area contributed by atoms with Crippen molar-refractivity contribution in [2.75, 3.05) is 4.90 Å². The Labute approximate surface area is 143 Å². The molecule has 2 bridgehead atoms. The molecule has 2 aliphatic carbocycles. The molecule has 4 unspecified atom stereocenters. The summed E-state index contributed by atoms with van der Waals surface area (Å²) in [5.74, 6) is -0.197. The largest absolute Gasteiger partial charge is 0.274 e. The van der Waals surface area contributed by atoms with Gasteiger partial charge in [-0.25, -0.2) is 4.90 Å². The molecule has 0 N–H and O–H groups in total. The Morgan fingerprint density at radius 3 is 1.96 bits per heavy atom. The minimum Gasteiger partial charge on any atom is -0.274 e. The van der Waals surface area contributed by atoms with Crippen molar-refractivity contribution in [3.8, 4) is 0 Å². The number of hydrogen-bond acceptors (Lipinski definition) is 2. The lowest BCUT2D eigenvalue weighted by atomic mass is 9.85. The van der Waals surface area contributed by atoms with Crippen LogP contribution in [0.25, 0.3) is 0 Å². The van der Waals surface area contributed by atoms with E-state index in [1.54, 1.807) is 0 Å². The zero-order valence-corrected chi connectivity index (χ0v) is 14.5. The second kappa shape index (κ2) is 5.44. The fraction of sp³-hybridized carbons (Fsp3) is 0.429. The average molecular weight is 321 g/mol. The van der Waals surface area contributed by atoms with E-state index in [0.717, 1.165) is 12.8 Å². The zero-order valence-electron chi connectivity index (χ0n) is 14.5. The predicted molar refractivity (Wildman–Crippen MR) is 94.4 cm³/mol. The number of anilines is 1. The fourth-order valence-corrected chi connectivity index (χ4v) is 4.67. The maximum atomic E-state index is 13.0. The third-order valence-corrected chi connectivity index (χ3v) is 6.04. The van der Waals surface area contributed by atoms with Gasteiger partial charge in [-0.1, -0.05) is 49.3 Å². The number of fused-ring (bicyclic) bond motifs is 5. The third-order valence-electron chi connectivity index (χ3n) is 6.04. The Morgan fingerprint density at radius 2 is 1.50 bits per heavy atom. The van der Waals surface area contributed by atoms with E-state index in [0.29, 0.717) is 5.69 Å². The molecule has 3 heteroatoms. The van der Waals surface area contributed by atoms with Crippen molar-refractivity contribution in [1.82, 2.24) is 0 Å². The van der Waals surface area contributed by atoms with Crippen molar-refractivity contribution in [3.63, 3.8) is 0 Å². The molecule has 1 aromatic carbocycles. The molecule has 2 fully saturated rings. The minimum atomic E-state index is -0.199. The lowest BCUT2D eigenvalue weighted by Gasteiger charge is -2.20. The van der Waals surface area contributed by atoms with Gasteiger partial charge in [0.25, 0.3) is 0 Å². The van der Waals surface area contributed by atoms with E-state index in [2.05, 4.69) is 32.9 Å². The highest BCUT2D eigenvalue weighted by Gasteiger charge is 2.61. The fourth-order valence-electron chi connectivity index (χ4n) is 4.67. The summed E-state index contributed by atoms with van der Waals surface area (Å²) in [5, 5.41) is 0.